The summed E-state index contributed by atoms with van der Waals surface area (Å²) in [6.45, 7) is 8.45. The third-order valence-corrected chi connectivity index (χ3v) is 3.15. The lowest BCUT2D eigenvalue weighted by Crippen LogP contribution is -2.41. The average molecular weight is 360 g/mol. The Morgan fingerprint density at radius 1 is 0.680 bits per heavy atom. The monoisotopic (exact) mass is 360 g/mol. The van der Waals surface area contributed by atoms with E-state index in [1.54, 1.807) is 0 Å². The maximum atomic E-state index is 12.4. The van der Waals surface area contributed by atoms with E-state index < -0.39 is 29.9 Å². The molecule has 2 unspecified atom stereocenters. The van der Waals surface area contributed by atoms with Crippen LogP contribution in [0.3, 0.4) is 0 Å². The van der Waals surface area contributed by atoms with Gasteiger partial charge in [0, 0.05) is 6.61 Å². The molecule has 0 radical (unpaired) electrons. The lowest BCUT2D eigenvalue weighted by Gasteiger charge is -2.24. The summed E-state index contributed by atoms with van der Waals surface area (Å²) >= 11 is 0. The number of hydrogen-bond acceptors (Lipinski definition) is 7. The van der Waals surface area contributed by atoms with Crippen LogP contribution in [-0.4, -0.2) is 50.4 Å². The maximum absolute atomic E-state index is 12.4. The first-order valence-corrected chi connectivity index (χ1v) is 9.12. The van der Waals surface area contributed by atoms with Crippen molar-refractivity contribution in [2.45, 2.75) is 65.9 Å². The summed E-state index contributed by atoms with van der Waals surface area (Å²) in [6.07, 6.45) is 1.16. The smallest absolute Gasteiger partial charge is 0.336 e. The van der Waals surface area contributed by atoms with Crippen LogP contribution in [0.1, 0.15) is 59.8 Å². The molecule has 0 aliphatic rings. The van der Waals surface area contributed by atoms with Gasteiger partial charge in [0.05, 0.1) is 26.2 Å². The molecule has 0 spiro atoms. The van der Waals surface area contributed by atoms with E-state index in [9.17, 15) is 14.4 Å². The van der Waals surface area contributed by atoms with Crippen LogP contribution in [-0.2, 0) is 33.3 Å². The van der Waals surface area contributed by atoms with Crippen molar-refractivity contribution in [1.82, 2.24) is 0 Å². The van der Waals surface area contributed by atoms with E-state index in [0.29, 0.717) is 25.7 Å². The van der Waals surface area contributed by atoms with Gasteiger partial charge in [-0.1, -0.05) is 27.7 Å². The number of ether oxygens (including phenoxy) is 4. The van der Waals surface area contributed by atoms with Crippen molar-refractivity contribution in [2.75, 3.05) is 26.4 Å². The summed E-state index contributed by atoms with van der Waals surface area (Å²) < 4.78 is 20.8. The molecule has 25 heavy (non-hydrogen) atoms. The molecule has 0 amide bonds. The van der Waals surface area contributed by atoms with Gasteiger partial charge in [-0.15, -0.1) is 0 Å². The molecule has 0 bridgehead atoms. The number of hydrogen-bond donors (Lipinski definition) is 0. The van der Waals surface area contributed by atoms with Crippen LogP contribution in [0.5, 0.6) is 0 Å². The van der Waals surface area contributed by atoms with E-state index in [-0.39, 0.29) is 32.8 Å². The molecule has 0 N–H and O–H groups in total. The summed E-state index contributed by atoms with van der Waals surface area (Å²) in [5.74, 6) is -2.94. The van der Waals surface area contributed by atoms with Gasteiger partial charge >= 0.3 is 17.9 Å². The highest BCUT2D eigenvalue weighted by molar-refractivity contribution is 5.87. The number of carbonyl (C=O) groups is 3. The number of esters is 3. The average Bonchev–Trinajstić information content (AvgIpc) is 2.61. The molecule has 2 atom stereocenters. The lowest BCUT2D eigenvalue weighted by molar-refractivity contribution is -0.174. The zero-order valence-corrected chi connectivity index (χ0v) is 15.9. The van der Waals surface area contributed by atoms with Crippen molar-refractivity contribution < 1.29 is 33.3 Å². The molecule has 0 rings (SSSR count). The molecule has 0 aliphatic carbocycles. The molecule has 0 heterocycles. The highest BCUT2D eigenvalue weighted by atomic mass is 16.6. The van der Waals surface area contributed by atoms with Crippen molar-refractivity contribution >= 4 is 17.9 Å². The van der Waals surface area contributed by atoms with Gasteiger partial charge < -0.3 is 18.9 Å². The fourth-order valence-corrected chi connectivity index (χ4v) is 1.96. The molecule has 7 nitrogen and oxygen atoms in total. The van der Waals surface area contributed by atoms with Crippen LogP contribution in [0.15, 0.2) is 0 Å². The second kappa shape index (κ2) is 14.7. The summed E-state index contributed by atoms with van der Waals surface area (Å²) in [5, 5.41) is 0. The van der Waals surface area contributed by atoms with Gasteiger partial charge in [0.2, 0.25) is 0 Å². The molecule has 0 aromatic rings. The Morgan fingerprint density at radius 3 is 1.68 bits per heavy atom. The second-order valence-corrected chi connectivity index (χ2v) is 5.66. The largest absolute Gasteiger partial charge is 0.466 e. The minimum atomic E-state index is -1.18. The van der Waals surface area contributed by atoms with Gasteiger partial charge in [-0.05, 0) is 25.7 Å². The van der Waals surface area contributed by atoms with E-state index in [4.69, 9.17) is 18.9 Å². The van der Waals surface area contributed by atoms with Crippen LogP contribution in [0.4, 0.5) is 0 Å². The van der Waals surface area contributed by atoms with E-state index in [1.807, 2.05) is 27.7 Å². The second-order valence-electron chi connectivity index (χ2n) is 5.66. The highest BCUT2D eigenvalue weighted by Gasteiger charge is 2.39. The molecule has 146 valence electrons. The number of carbonyl (C=O) groups excluding carboxylic acids is 3. The van der Waals surface area contributed by atoms with Crippen molar-refractivity contribution in [2.24, 2.45) is 5.92 Å². The summed E-state index contributed by atoms with van der Waals surface area (Å²) in [4.78, 5) is 36.7. The first-order chi connectivity index (χ1) is 12.0. The molecule has 0 saturated carbocycles. The number of rotatable bonds is 14. The standard InChI is InChI=1S/C18H32O7/c1-5-9-22-15(19)13-14(17(20)24-11-7-3)16(23-10-6-2)18(21)25-12-8-4/h14,16H,5-13H2,1-4H3. The normalized spacial score (nSPS) is 13.0. The first-order valence-electron chi connectivity index (χ1n) is 9.12. The first kappa shape index (κ1) is 23.4. The van der Waals surface area contributed by atoms with Crippen molar-refractivity contribution in [3.8, 4) is 0 Å². The van der Waals surface area contributed by atoms with Gasteiger partial charge in [0.1, 0.15) is 5.92 Å². The molecule has 0 saturated heterocycles. The minimum Gasteiger partial charge on any atom is -0.466 e. The Balaban J connectivity index is 5.22. The van der Waals surface area contributed by atoms with Gasteiger partial charge in [-0.3, -0.25) is 9.59 Å². The van der Waals surface area contributed by atoms with Crippen molar-refractivity contribution in [3.05, 3.63) is 0 Å². The zero-order valence-electron chi connectivity index (χ0n) is 15.9. The SMILES string of the molecule is CCCOC(=O)CC(C(=O)OCCC)C(OCCC)C(=O)OCCC. The molecule has 0 aliphatic heterocycles. The van der Waals surface area contributed by atoms with E-state index in [1.165, 1.54) is 0 Å². The molecule has 0 aromatic heterocycles. The van der Waals surface area contributed by atoms with E-state index in [2.05, 4.69) is 0 Å². The lowest BCUT2D eigenvalue weighted by atomic mass is 9.98. The van der Waals surface area contributed by atoms with Crippen molar-refractivity contribution in [3.63, 3.8) is 0 Å². The van der Waals surface area contributed by atoms with Crippen molar-refractivity contribution in [1.29, 1.82) is 0 Å². The predicted octanol–water partition coefficient (Wildman–Crippen LogP) is 2.65. The molecule has 0 fully saturated rings. The van der Waals surface area contributed by atoms with Crippen LogP contribution < -0.4 is 0 Å². The van der Waals surface area contributed by atoms with Gasteiger partial charge in [0.15, 0.2) is 6.10 Å². The third-order valence-electron chi connectivity index (χ3n) is 3.15. The van der Waals surface area contributed by atoms with E-state index >= 15 is 0 Å². The Labute approximate surface area is 150 Å². The van der Waals surface area contributed by atoms with Gasteiger partial charge in [0.25, 0.3) is 0 Å². The Hall–Kier alpha value is -1.63. The topological polar surface area (TPSA) is 88.1 Å². The van der Waals surface area contributed by atoms with E-state index in [0.717, 1.165) is 0 Å². The zero-order chi connectivity index (χ0) is 19.1. The van der Waals surface area contributed by atoms with Gasteiger partial charge in [-0.25, -0.2) is 4.79 Å². The third kappa shape index (κ3) is 10.1. The Bertz CT molecular complexity index is 395. The fourth-order valence-electron chi connectivity index (χ4n) is 1.96. The predicted molar refractivity (Wildman–Crippen MR) is 91.9 cm³/mol. The quantitative estimate of drug-likeness (QED) is 0.347. The maximum Gasteiger partial charge on any atom is 0.336 e. The summed E-state index contributed by atoms with van der Waals surface area (Å²) in [6, 6.07) is 0. The molecular formula is C18H32O7. The molecule has 0 aromatic carbocycles. The molecular weight excluding hydrogens is 328 g/mol. The Kier molecular flexibility index (Phi) is 13.7. The fraction of sp³-hybridized carbons (Fsp3) is 0.833. The minimum absolute atomic E-state index is 0.212. The highest BCUT2D eigenvalue weighted by Crippen LogP contribution is 2.19. The van der Waals surface area contributed by atoms with Gasteiger partial charge in [-0.2, -0.15) is 0 Å². The molecule has 7 heteroatoms. The summed E-state index contributed by atoms with van der Waals surface area (Å²) in [5.41, 5.74) is 0. The van der Waals surface area contributed by atoms with Crippen LogP contribution >= 0.6 is 0 Å². The van der Waals surface area contributed by atoms with Crippen LogP contribution in [0.25, 0.3) is 0 Å². The summed E-state index contributed by atoms with van der Waals surface area (Å²) in [7, 11) is 0. The van der Waals surface area contributed by atoms with Crippen LogP contribution in [0.2, 0.25) is 0 Å². The van der Waals surface area contributed by atoms with Crippen LogP contribution in [0, 0.1) is 5.92 Å². The Morgan fingerprint density at radius 2 is 1.16 bits per heavy atom.